The lowest BCUT2D eigenvalue weighted by Gasteiger charge is -2.22. The number of nitrogens with zero attached hydrogens (tertiary/aromatic N) is 6. The number of rotatable bonds is 3. The normalized spacial score (nSPS) is 20.1. The highest BCUT2D eigenvalue weighted by atomic mass is 19.4. The van der Waals surface area contributed by atoms with E-state index in [4.69, 9.17) is 4.98 Å². The van der Waals surface area contributed by atoms with Gasteiger partial charge in [0.2, 0.25) is 5.65 Å². The average Bonchev–Trinajstić information content (AvgIpc) is 3.21. The molecule has 1 atom stereocenters. The summed E-state index contributed by atoms with van der Waals surface area (Å²) in [5.41, 5.74) is -1.11. The van der Waals surface area contributed by atoms with Gasteiger partial charge in [-0.2, -0.15) is 18.0 Å². The van der Waals surface area contributed by atoms with Gasteiger partial charge in [0.25, 0.3) is 0 Å². The number of hydrogen-bond acceptors (Lipinski definition) is 6. The molecular formula is C21H25F3N6O. The zero-order chi connectivity index (χ0) is 22.6. The zero-order valence-corrected chi connectivity index (χ0v) is 17.9. The van der Waals surface area contributed by atoms with E-state index in [1.54, 1.807) is 13.0 Å². The minimum absolute atomic E-state index is 0.0740. The molecule has 1 aliphatic rings. The van der Waals surface area contributed by atoms with E-state index in [1.165, 1.54) is 16.9 Å². The second kappa shape index (κ2) is 7.15. The summed E-state index contributed by atoms with van der Waals surface area (Å²) in [5.74, 6) is 1.10. The Hall–Kier alpha value is -2.75. The van der Waals surface area contributed by atoms with Gasteiger partial charge >= 0.3 is 6.18 Å². The molecule has 7 nitrogen and oxygen atoms in total. The third-order valence-electron chi connectivity index (χ3n) is 5.33. The van der Waals surface area contributed by atoms with Gasteiger partial charge in [0, 0.05) is 18.5 Å². The molecule has 10 heteroatoms. The molecule has 1 aromatic carbocycles. The maximum absolute atomic E-state index is 13.4. The predicted octanol–water partition coefficient (Wildman–Crippen LogP) is 3.55. The molecule has 1 fully saturated rings. The summed E-state index contributed by atoms with van der Waals surface area (Å²) >= 11 is 0. The number of hydrogen-bond donors (Lipinski definition) is 1. The lowest BCUT2D eigenvalue weighted by atomic mass is 9.96. The van der Waals surface area contributed by atoms with Crippen LogP contribution in [0.2, 0.25) is 0 Å². The number of aromatic nitrogens is 5. The maximum atomic E-state index is 13.4. The van der Waals surface area contributed by atoms with Gasteiger partial charge in [-0.15, -0.1) is 10.2 Å². The van der Waals surface area contributed by atoms with Crippen molar-refractivity contribution >= 4 is 17.0 Å². The highest BCUT2D eigenvalue weighted by molar-refractivity contribution is 5.83. The van der Waals surface area contributed by atoms with Crippen LogP contribution < -0.4 is 4.90 Å². The van der Waals surface area contributed by atoms with Crippen LogP contribution in [-0.4, -0.2) is 48.8 Å². The molecule has 1 aliphatic heterocycles. The fourth-order valence-corrected chi connectivity index (χ4v) is 3.68. The quantitative estimate of drug-likeness (QED) is 0.679. The lowest BCUT2D eigenvalue weighted by molar-refractivity contribution is -0.138. The third-order valence-corrected chi connectivity index (χ3v) is 5.33. The van der Waals surface area contributed by atoms with Gasteiger partial charge in [-0.3, -0.25) is 0 Å². The zero-order valence-electron chi connectivity index (χ0n) is 17.9. The molecule has 2 aromatic heterocycles. The van der Waals surface area contributed by atoms with E-state index in [0.29, 0.717) is 42.3 Å². The summed E-state index contributed by atoms with van der Waals surface area (Å²) in [6.07, 6.45) is -3.88. The van der Waals surface area contributed by atoms with E-state index < -0.39 is 17.3 Å². The van der Waals surface area contributed by atoms with Gasteiger partial charge < -0.3 is 10.0 Å². The number of aliphatic hydroxyl groups is 1. The Labute approximate surface area is 177 Å². The number of halogens is 3. The Morgan fingerprint density at radius 2 is 1.81 bits per heavy atom. The van der Waals surface area contributed by atoms with Gasteiger partial charge in [-0.25, -0.2) is 9.97 Å². The average molecular weight is 434 g/mol. The molecule has 1 saturated heterocycles. The molecule has 0 spiro atoms. The Balaban J connectivity index is 1.79. The van der Waals surface area contributed by atoms with Gasteiger partial charge in [-0.05, 0) is 25.0 Å². The minimum Gasteiger partial charge on any atom is -0.388 e. The number of alkyl halides is 3. The van der Waals surface area contributed by atoms with Crippen LogP contribution in [0.25, 0.3) is 11.2 Å². The van der Waals surface area contributed by atoms with Crippen molar-refractivity contribution in [2.75, 3.05) is 18.0 Å². The summed E-state index contributed by atoms with van der Waals surface area (Å²) in [5, 5.41) is 19.2. The van der Waals surface area contributed by atoms with Crippen LogP contribution in [-0.2, 0) is 18.1 Å². The number of β-amino-alcohol motifs (C(OH)–C–C–N with tert-alkyl or cyclic N) is 1. The summed E-state index contributed by atoms with van der Waals surface area (Å²) in [6.45, 7) is 8.51. The summed E-state index contributed by atoms with van der Waals surface area (Å²) in [4.78, 5) is 12.4. The van der Waals surface area contributed by atoms with E-state index in [1.807, 2.05) is 25.7 Å². The Bertz CT molecular complexity index is 1120. The molecule has 3 aromatic rings. The van der Waals surface area contributed by atoms with E-state index >= 15 is 0 Å². The largest absolute Gasteiger partial charge is 0.416 e. The number of anilines is 1. The summed E-state index contributed by atoms with van der Waals surface area (Å²) in [7, 11) is 0. The van der Waals surface area contributed by atoms with Crippen LogP contribution in [0.5, 0.6) is 0 Å². The van der Waals surface area contributed by atoms with Crippen molar-refractivity contribution in [3.8, 4) is 0 Å². The maximum Gasteiger partial charge on any atom is 0.416 e. The highest BCUT2D eigenvalue weighted by Gasteiger charge is 2.35. The van der Waals surface area contributed by atoms with E-state index in [9.17, 15) is 18.3 Å². The van der Waals surface area contributed by atoms with Gasteiger partial charge in [0.05, 0.1) is 17.7 Å². The van der Waals surface area contributed by atoms with Crippen molar-refractivity contribution in [2.45, 2.75) is 57.9 Å². The lowest BCUT2D eigenvalue weighted by Crippen LogP contribution is -2.31. The van der Waals surface area contributed by atoms with E-state index in [2.05, 4.69) is 15.2 Å². The molecular weight excluding hydrogens is 409 g/mol. The van der Waals surface area contributed by atoms with Crippen LogP contribution in [0.4, 0.5) is 19.0 Å². The second-order valence-corrected chi connectivity index (χ2v) is 9.35. The van der Waals surface area contributed by atoms with Crippen molar-refractivity contribution in [1.82, 2.24) is 25.0 Å². The predicted molar refractivity (Wildman–Crippen MR) is 110 cm³/mol. The molecule has 4 rings (SSSR count). The topological polar surface area (TPSA) is 80.0 Å². The van der Waals surface area contributed by atoms with Crippen LogP contribution in [0.15, 0.2) is 24.3 Å². The molecule has 0 radical (unpaired) electrons. The smallest absolute Gasteiger partial charge is 0.388 e. The molecule has 3 heterocycles. The Morgan fingerprint density at radius 3 is 2.42 bits per heavy atom. The first kappa shape index (κ1) is 21.5. The van der Waals surface area contributed by atoms with Gasteiger partial charge in [0.15, 0.2) is 11.3 Å². The van der Waals surface area contributed by atoms with Crippen LogP contribution >= 0.6 is 0 Å². The van der Waals surface area contributed by atoms with Crippen molar-refractivity contribution in [3.05, 3.63) is 41.2 Å². The Kier molecular flexibility index (Phi) is 4.95. The fourth-order valence-electron chi connectivity index (χ4n) is 3.68. The fraction of sp³-hybridized carbons (Fsp3) is 0.524. The first-order valence-electron chi connectivity index (χ1n) is 10.1. The number of benzene rings is 1. The van der Waals surface area contributed by atoms with E-state index in [0.717, 1.165) is 6.07 Å². The minimum atomic E-state index is -4.46. The molecule has 1 unspecified atom stereocenters. The standard InChI is InChI=1S/C21H25F3N6O/c1-19(2,3)18-25-16-15(17(26-18)29-10-9-20(4,31)12-29)27-30(28-16)11-13-7-5-6-8-14(13)21(22,23)24/h5-8,31H,9-12H2,1-4H3. The first-order chi connectivity index (χ1) is 14.3. The van der Waals surface area contributed by atoms with Gasteiger partial charge in [-0.1, -0.05) is 39.0 Å². The Morgan fingerprint density at radius 1 is 1.10 bits per heavy atom. The van der Waals surface area contributed by atoms with Crippen molar-refractivity contribution < 1.29 is 18.3 Å². The summed E-state index contributed by atoms with van der Waals surface area (Å²) in [6, 6.07) is 5.39. The first-order valence-corrected chi connectivity index (χ1v) is 10.1. The monoisotopic (exact) mass is 434 g/mol. The van der Waals surface area contributed by atoms with Gasteiger partial charge in [0.1, 0.15) is 5.82 Å². The highest BCUT2D eigenvalue weighted by Crippen LogP contribution is 2.33. The molecule has 1 N–H and O–H groups in total. The molecule has 166 valence electrons. The molecule has 31 heavy (non-hydrogen) atoms. The van der Waals surface area contributed by atoms with Crippen molar-refractivity contribution in [2.24, 2.45) is 0 Å². The second-order valence-electron chi connectivity index (χ2n) is 9.35. The van der Waals surface area contributed by atoms with E-state index in [-0.39, 0.29) is 17.5 Å². The third kappa shape index (κ3) is 4.34. The molecule has 0 saturated carbocycles. The van der Waals surface area contributed by atoms with Crippen molar-refractivity contribution in [3.63, 3.8) is 0 Å². The molecule has 0 amide bonds. The number of fused-ring (bicyclic) bond motifs is 1. The van der Waals surface area contributed by atoms with Crippen LogP contribution in [0.1, 0.15) is 51.1 Å². The van der Waals surface area contributed by atoms with Crippen molar-refractivity contribution in [1.29, 1.82) is 0 Å². The molecule has 0 aliphatic carbocycles. The molecule has 0 bridgehead atoms. The summed E-state index contributed by atoms with van der Waals surface area (Å²) < 4.78 is 40.1. The van der Waals surface area contributed by atoms with Crippen LogP contribution in [0.3, 0.4) is 0 Å². The van der Waals surface area contributed by atoms with Crippen LogP contribution in [0, 0.1) is 0 Å². The SMILES string of the molecule is CC1(O)CCN(c2nc(C(C)(C)C)nc3nn(Cc4ccccc4C(F)(F)F)nc23)C1.